The Morgan fingerprint density at radius 2 is 1.81 bits per heavy atom. The first-order valence-corrected chi connectivity index (χ1v) is 8.34. The number of aromatic hydroxyl groups is 1. The average Bonchev–Trinajstić information content (AvgIpc) is 3.26. The van der Waals surface area contributed by atoms with Crippen LogP contribution in [0.3, 0.4) is 0 Å². The van der Waals surface area contributed by atoms with Crippen LogP contribution in [0.5, 0.6) is 5.75 Å². The molecule has 0 fully saturated rings. The minimum Gasteiger partial charge on any atom is -0.507 e. The molecule has 0 radical (unpaired) electrons. The lowest BCUT2D eigenvalue weighted by Gasteiger charge is -2.07. The van der Waals surface area contributed by atoms with Crippen molar-refractivity contribution in [2.45, 2.75) is 0 Å². The Labute approximate surface area is 152 Å². The molecular weight excluding hydrogens is 350 g/mol. The number of halogens is 1. The van der Waals surface area contributed by atoms with Gasteiger partial charge in [0.25, 0.3) is 0 Å². The molecule has 5 rings (SSSR count). The number of imidazole rings is 1. The van der Waals surface area contributed by atoms with Crippen LogP contribution in [-0.4, -0.2) is 30.3 Å². The molecule has 0 saturated carbocycles. The van der Waals surface area contributed by atoms with E-state index in [9.17, 15) is 5.11 Å². The average molecular weight is 362 g/mol. The summed E-state index contributed by atoms with van der Waals surface area (Å²) in [6.07, 6.45) is 3.50. The molecular formula is C19H12ClN5O. The van der Waals surface area contributed by atoms with Gasteiger partial charge in [-0.3, -0.25) is 0 Å². The fraction of sp³-hybridized carbons (Fsp3) is 0. The number of rotatable bonds is 2. The molecule has 26 heavy (non-hydrogen) atoms. The molecule has 0 aliphatic carbocycles. The number of hydrogen-bond donors (Lipinski definition) is 3. The molecule has 5 aromatic rings. The fourth-order valence-electron chi connectivity index (χ4n) is 3.05. The Bertz CT molecular complexity index is 1230. The molecule has 0 spiro atoms. The second-order valence-corrected chi connectivity index (χ2v) is 6.32. The molecule has 3 aromatic heterocycles. The summed E-state index contributed by atoms with van der Waals surface area (Å²) in [7, 11) is 0. The van der Waals surface area contributed by atoms with Gasteiger partial charge >= 0.3 is 0 Å². The first-order valence-electron chi connectivity index (χ1n) is 7.96. The molecule has 0 aliphatic heterocycles. The largest absolute Gasteiger partial charge is 0.507 e. The van der Waals surface area contributed by atoms with E-state index < -0.39 is 0 Å². The predicted molar refractivity (Wildman–Crippen MR) is 101 cm³/mol. The third-order valence-electron chi connectivity index (χ3n) is 4.34. The number of phenols is 1. The molecule has 0 unspecified atom stereocenters. The summed E-state index contributed by atoms with van der Waals surface area (Å²) >= 11 is 6.20. The van der Waals surface area contributed by atoms with E-state index in [1.807, 2.05) is 36.5 Å². The molecule has 0 amide bonds. The van der Waals surface area contributed by atoms with Gasteiger partial charge in [-0.1, -0.05) is 17.7 Å². The van der Waals surface area contributed by atoms with Gasteiger partial charge in [-0.25, -0.2) is 15.0 Å². The monoisotopic (exact) mass is 361 g/mol. The number of phenolic OH excluding ortho intramolecular Hbond substituents is 1. The zero-order chi connectivity index (χ0) is 17.7. The van der Waals surface area contributed by atoms with Gasteiger partial charge < -0.3 is 15.3 Å². The molecule has 0 aliphatic rings. The van der Waals surface area contributed by atoms with Crippen LogP contribution in [0.15, 0.2) is 54.9 Å². The summed E-state index contributed by atoms with van der Waals surface area (Å²) in [5, 5.41) is 17.8. The van der Waals surface area contributed by atoms with Gasteiger partial charge in [0.1, 0.15) is 10.9 Å². The van der Waals surface area contributed by atoms with Crippen molar-refractivity contribution >= 4 is 33.5 Å². The van der Waals surface area contributed by atoms with E-state index in [4.69, 9.17) is 11.6 Å². The molecule has 0 atom stereocenters. The minimum absolute atomic E-state index is 0.114. The number of nitrogens with one attached hydrogen (secondary N) is 2. The van der Waals surface area contributed by atoms with Gasteiger partial charge in [0.15, 0.2) is 5.82 Å². The maximum Gasteiger partial charge on any atom is 0.164 e. The second kappa shape index (κ2) is 5.57. The summed E-state index contributed by atoms with van der Waals surface area (Å²) in [5.41, 5.74) is 4.65. The highest BCUT2D eigenvalue weighted by molar-refractivity contribution is 6.32. The normalized spacial score (nSPS) is 11.4. The molecule has 2 aromatic carbocycles. The maximum absolute atomic E-state index is 10.3. The molecule has 0 saturated heterocycles. The van der Waals surface area contributed by atoms with Crippen molar-refractivity contribution < 1.29 is 5.11 Å². The van der Waals surface area contributed by atoms with Gasteiger partial charge in [0.2, 0.25) is 0 Å². The summed E-state index contributed by atoms with van der Waals surface area (Å²) in [6, 6.07) is 12.8. The summed E-state index contributed by atoms with van der Waals surface area (Å²) in [4.78, 5) is 13.3. The summed E-state index contributed by atoms with van der Waals surface area (Å²) in [5.74, 6) is 0.582. The quantitative estimate of drug-likeness (QED) is 0.403. The Morgan fingerprint density at radius 3 is 2.65 bits per heavy atom. The van der Waals surface area contributed by atoms with E-state index >= 15 is 0 Å². The fourth-order valence-corrected chi connectivity index (χ4v) is 3.28. The number of benzene rings is 2. The van der Waals surface area contributed by atoms with Crippen LogP contribution < -0.4 is 0 Å². The molecule has 126 valence electrons. The SMILES string of the molecule is Oc1ccc(-c2cccnc2Cl)cc1-c1nc2cc3c[nH][nH]c3cc2n1. The number of H-pyrrole nitrogens is 2. The zero-order valence-corrected chi connectivity index (χ0v) is 14.1. The Balaban J connectivity index is 1.68. The van der Waals surface area contributed by atoms with Crippen molar-refractivity contribution in [2.24, 2.45) is 0 Å². The lowest BCUT2D eigenvalue weighted by atomic mass is 10.0. The third kappa shape index (κ3) is 2.31. The van der Waals surface area contributed by atoms with E-state index in [1.54, 1.807) is 18.3 Å². The van der Waals surface area contributed by atoms with Crippen molar-refractivity contribution in [1.82, 2.24) is 25.1 Å². The lowest BCUT2D eigenvalue weighted by Crippen LogP contribution is -1.86. The molecule has 3 heterocycles. The number of fused-ring (bicyclic) bond motifs is 2. The predicted octanol–water partition coefficient (Wildman–Crippen LogP) is 4.53. The molecule has 3 N–H and O–H groups in total. The summed E-state index contributed by atoms with van der Waals surface area (Å²) < 4.78 is 0. The second-order valence-electron chi connectivity index (χ2n) is 5.96. The molecule has 7 heteroatoms. The van der Waals surface area contributed by atoms with Crippen molar-refractivity contribution in [1.29, 1.82) is 0 Å². The Morgan fingerprint density at radius 1 is 0.962 bits per heavy atom. The smallest absolute Gasteiger partial charge is 0.164 e. The Hall–Kier alpha value is -3.38. The van der Waals surface area contributed by atoms with Gasteiger partial charge in [-0.15, -0.1) is 0 Å². The van der Waals surface area contributed by atoms with Crippen molar-refractivity contribution in [3.63, 3.8) is 0 Å². The number of pyridine rings is 1. The summed E-state index contributed by atoms with van der Waals surface area (Å²) in [6.45, 7) is 0. The number of nitrogens with zero attached hydrogens (tertiary/aromatic N) is 3. The van der Waals surface area contributed by atoms with E-state index in [0.29, 0.717) is 16.5 Å². The van der Waals surface area contributed by atoms with Crippen LogP contribution in [0.1, 0.15) is 0 Å². The maximum atomic E-state index is 10.3. The van der Waals surface area contributed by atoms with Crippen LogP contribution in [0.4, 0.5) is 0 Å². The van der Waals surface area contributed by atoms with Gasteiger partial charge in [0, 0.05) is 23.3 Å². The van der Waals surface area contributed by atoms with Crippen molar-refractivity contribution in [2.75, 3.05) is 0 Å². The molecule has 6 nitrogen and oxygen atoms in total. The highest BCUT2D eigenvalue weighted by Gasteiger charge is 2.14. The molecule has 0 bridgehead atoms. The topological polar surface area (TPSA) is 90.5 Å². The first kappa shape index (κ1) is 14.9. The van der Waals surface area contributed by atoms with E-state index in [2.05, 4.69) is 25.1 Å². The first-order chi connectivity index (χ1) is 12.7. The van der Waals surface area contributed by atoms with Crippen molar-refractivity contribution in [3.8, 4) is 28.3 Å². The Kier molecular flexibility index (Phi) is 3.20. The van der Waals surface area contributed by atoms with Gasteiger partial charge in [-0.05, 0) is 42.0 Å². The van der Waals surface area contributed by atoms with Crippen LogP contribution in [-0.2, 0) is 0 Å². The van der Waals surface area contributed by atoms with Gasteiger partial charge in [-0.2, -0.15) is 0 Å². The van der Waals surface area contributed by atoms with Crippen LogP contribution in [0, 0.1) is 0 Å². The highest BCUT2D eigenvalue weighted by Crippen LogP contribution is 2.35. The van der Waals surface area contributed by atoms with E-state index in [-0.39, 0.29) is 5.75 Å². The van der Waals surface area contributed by atoms with Crippen molar-refractivity contribution in [3.05, 3.63) is 60.0 Å². The third-order valence-corrected chi connectivity index (χ3v) is 4.64. The number of aromatic amines is 2. The van der Waals surface area contributed by atoms with Crippen LogP contribution in [0.25, 0.3) is 44.5 Å². The van der Waals surface area contributed by atoms with Crippen LogP contribution in [0.2, 0.25) is 5.15 Å². The number of aromatic nitrogens is 5. The standard InChI is InChI=1S/C19H12ClN5O/c20-18-12(2-1-5-21-18)10-3-4-17(26)13(6-10)19-23-15-7-11-9-22-25-14(11)8-16(15)24-19/h1-9,22,25-26H. The highest BCUT2D eigenvalue weighted by atomic mass is 35.5. The van der Waals surface area contributed by atoms with Gasteiger partial charge in [0.05, 0.1) is 22.1 Å². The minimum atomic E-state index is 0.114. The van der Waals surface area contributed by atoms with E-state index in [0.717, 1.165) is 33.1 Å². The van der Waals surface area contributed by atoms with Crippen LogP contribution >= 0.6 is 11.6 Å². The lowest BCUT2D eigenvalue weighted by molar-refractivity contribution is 0.477. The number of hydrogen-bond acceptors (Lipinski definition) is 4. The zero-order valence-electron chi connectivity index (χ0n) is 13.4. The van der Waals surface area contributed by atoms with E-state index in [1.165, 1.54) is 0 Å².